The van der Waals surface area contributed by atoms with Crippen LogP contribution in [-0.2, 0) is 65.7 Å². The van der Waals surface area contributed by atoms with E-state index in [-0.39, 0.29) is 61.1 Å². The van der Waals surface area contributed by atoms with Gasteiger partial charge in [-0.3, -0.25) is 37.5 Å². The van der Waals surface area contributed by atoms with Crippen molar-refractivity contribution in [2.45, 2.75) is 86.3 Å². The number of unbranched alkanes of at least 4 members (excludes halogenated alkanes) is 2. The van der Waals surface area contributed by atoms with Crippen LogP contribution in [-0.4, -0.2) is 122 Å². The SMILES string of the molecule is CC1(CCCCCC(=O)NCCN2C(=O)C=CC2=O)C(/C=C/C=C/C=C2\N(CCCS(=O)(=O)O)c3ccc(S(=O)(=O)O)cc3C2(C)C)=[N+](CCCS(=O)(=O)O)c2ccc(S(=O)(=O)O)cc21. The first-order valence-electron chi connectivity index (χ1n) is 20.6. The Hall–Kier alpha value is -4.88. The van der Waals surface area contributed by atoms with Crippen molar-refractivity contribution in [3.8, 4) is 0 Å². The molecule has 3 amide bonds. The van der Waals surface area contributed by atoms with Gasteiger partial charge in [0.2, 0.25) is 11.6 Å². The molecule has 0 aliphatic carbocycles. The van der Waals surface area contributed by atoms with Gasteiger partial charge in [-0.25, -0.2) is 0 Å². The van der Waals surface area contributed by atoms with E-state index in [0.29, 0.717) is 59.6 Å². The van der Waals surface area contributed by atoms with Crippen LogP contribution in [0.2, 0.25) is 0 Å². The molecule has 0 spiro atoms. The van der Waals surface area contributed by atoms with Gasteiger partial charge < -0.3 is 10.2 Å². The normalized spacial score (nSPS) is 19.4. The van der Waals surface area contributed by atoms with Gasteiger partial charge in [0, 0.05) is 79.1 Å². The summed E-state index contributed by atoms with van der Waals surface area (Å²) in [5, 5.41) is 2.70. The number of amides is 3. The maximum atomic E-state index is 12.6. The number of allylic oxidation sites excluding steroid dienone is 6. The fourth-order valence-corrected chi connectivity index (χ4v) is 10.4. The zero-order chi connectivity index (χ0) is 48.2. The Labute approximate surface area is 379 Å². The monoisotopic (exact) mass is 981 g/mol. The minimum Gasteiger partial charge on any atom is -0.354 e. The van der Waals surface area contributed by atoms with E-state index in [1.165, 1.54) is 36.4 Å². The lowest BCUT2D eigenvalue weighted by molar-refractivity contribution is -0.437. The van der Waals surface area contributed by atoms with Gasteiger partial charge in [0.25, 0.3) is 52.3 Å². The highest BCUT2D eigenvalue weighted by Gasteiger charge is 2.48. The predicted molar refractivity (Wildman–Crippen MR) is 240 cm³/mol. The van der Waals surface area contributed by atoms with E-state index >= 15 is 0 Å². The van der Waals surface area contributed by atoms with Crippen molar-refractivity contribution in [3.05, 3.63) is 95.8 Å². The predicted octanol–water partition coefficient (Wildman–Crippen LogP) is 3.88. The Kier molecular flexibility index (Phi) is 15.7. The van der Waals surface area contributed by atoms with Crippen LogP contribution in [0.4, 0.5) is 11.4 Å². The number of anilines is 1. The van der Waals surface area contributed by atoms with Gasteiger partial charge in [0.05, 0.1) is 26.7 Å². The summed E-state index contributed by atoms with van der Waals surface area (Å²) in [7, 11) is -17.8. The first-order valence-corrected chi connectivity index (χ1v) is 26.7. The lowest BCUT2D eigenvalue weighted by Crippen LogP contribution is -2.38. The molecule has 2 aromatic rings. The molecule has 0 aromatic heterocycles. The van der Waals surface area contributed by atoms with Crippen LogP contribution in [0, 0.1) is 0 Å². The molecule has 1 atom stereocenters. The van der Waals surface area contributed by atoms with Gasteiger partial charge in [-0.05, 0) is 68.2 Å². The molecule has 0 bridgehead atoms. The first-order chi connectivity index (χ1) is 30.1. The van der Waals surface area contributed by atoms with E-state index in [1.807, 2.05) is 25.3 Å². The number of carbonyl (C=O) groups is 3. The number of nitrogens with zero attached hydrogens (tertiary/aromatic N) is 3. The molecule has 65 heavy (non-hydrogen) atoms. The minimum absolute atomic E-state index is 0.0122. The second kappa shape index (κ2) is 19.9. The van der Waals surface area contributed by atoms with Gasteiger partial charge in [-0.1, -0.05) is 44.9 Å². The molecule has 3 aliphatic heterocycles. The number of imide groups is 1. The van der Waals surface area contributed by atoms with E-state index in [2.05, 4.69) is 5.32 Å². The third kappa shape index (κ3) is 12.7. The fraction of sp³-hybridized carbons (Fsp3) is 0.429. The second-order valence-corrected chi connectivity index (χ2v) is 22.6. The Bertz CT molecular complexity index is 2830. The van der Waals surface area contributed by atoms with Crippen LogP contribution >= 0.6 is 0 Å². The summed E-state index contributed by atoms with van der Waals surface area (Å²) in [4.78, 5) is 38.3. The number of rotatable bonds is 22. The molecule has 19 nitrogen and oxygen atoms in total. The fourth-order valence-electron chi connectivity index (χ4n) is 8.41. The first kappa shape index (κ1) is 51.1. The third-order valence-corrected chi connectivity index (χ3v) is 14.9. The summed E-state index contributed by atoms with van der Waals surface area (Å²) in [6.07, 6.45) is 13.0. The van der Waals surface area contributed by atoms with Crippen molar-refractivity contribution in [1.82, 2.24) is 10.2 Å². The number of nitrogens with one attached hydrogen (secondary N) is 1. The second-order valence-electron chi connectivity index (χ2n) is 16.6. The van der Waals surface area contributed by atoms with Crippen LogP contribution in [0.25, 0.3) is 0 Å². The summed E-state index contributed by atoms with van der Waals surface area (Å²) >= 11 is 0. The van der Waals surface area contributed by atoms with E-state index in [4.69, 9.17) is 0 Å². The van der Waals surface area contributed by atoms with Gasteiger partial charge >= 0.3 is 0 Å². The molecule has 354 valence electrons. The highest BCUT2D eigenvalue weighted by atomic mass is 32.2. The average Bonchev–Trinajstić information content (AvgIpc) is 3.71. The molecule has 5 rings (SSSR count). The largest absolute Gasteiger partial charge is 0.354 e. The molecule has 0 fully saturated rings. The van der Waals surface area contributed by atoms with Gasteiger partial charge in [0.15, 0.2) is 5.71 Å². The van der Waals surface area contributed by atoms with Crippen molar-refractivity contribution in [2.24, 2.45) is 0 Å². The van der Waals surface area contributed by atoms with Gasteiger partial charge in [0.1, 0.15) is 6.54 Å². The van der Waals surface area contributed by atoms with Crippen LogP contribution in [0.1, 0.15) is 76.8 Å². The Morgan fingerprint density at radius 2 is 1.31 bits per heavy atom. The molecule has 5 N–H and O–H groups in total. The molecular weight excluding hydrogens is 929 g/mol. The molecule has 2 aromatic carbocycles. The molecular formula is C42H53N4O15S4+. The van der Waals surface area contributed by atoms with Crippen molar-refractivity contribution < 1.29 is 70.8 Å². The highest BCUT2D eigenvalue weighted by molar-refractivity contribution is 7.86. The molecule has 3 aliphatic rings. The number of fused-ring (bicyclic) bond motifs is 2. The van der Waals surface area contributed by atoms with Crippen molar-refractivity contribution in [3.63, 3.8) is 0 Å². The summed E-state index contributed by atoms with van der Waals surface area (Å²) in [6, 6.07) is 8.20. The lowest BCUT2D eigenvalue weighted by atomic mass is 9.75. The quantitative estimate of drug-likeness (QED) is 0.0368. The average molecular weight is 982 g/mol. The Morgan fingerprint density at radius 3 is 1.92 bits per heavy atom. The van der Waals surface area contributed by atoms with Crippen LogP contribution in [0.3, 0.4) is 0 Å². The Balaban J connectivity index is 1.43. The van der Waals surface area contributed by atoms with Crippen molar-refractivity contribution >= 4 is 75.3 Å². The number of hydrogen-bond donors (Lipinski definition) is 5. The summed E-state index contributed by atoms with van der Waals surface area (Å²) in [6.45, 7) is 5.86. The third-order valence-electron chi connectivity index (χ3n) is 11.6. The maximum absolute atomic E-state index is 12.6. The molecule has 1 unspecified atom stereocenters. The summed E-state index contributed by atoms with van der Waals surface area (Å²) in [5.41, 5.74) is 1.65. The highest BCUT2D eigenvalue weighted by Crippen LogP contribution is 2.49. The van der Waals surface area contributed by atoms with Crippen LogP contribution in [0.5, 0.6) is 0 Å². The van der Waals surface area contributed by atoms with E-state index in [1.54, 1.807) is 35.3 Å². The smallest absolute Gasteiger partial charge is 0.294 e. The number of benzene rings is 2. The van der Waals surface area contributed by atoms with E-state index < -0.39 is 74.6 Å². The zero-order valence-electron chi connectivity index (χ0n) is 36.0. The van der Waals surface area contributed by atoms with Gasteiger partial charge in [-0.15, -0.1) is 0 Å². The lowest BCUT2D eigenvalue weighted by Gasteiger charge is -2.27. The molecule has 23 heteroatoms. The summed E-state index contributed by atoms with van der Waals surface area (Å²) < 4.78 is 136. The standard InChI is InChI=1S/C42H52N4O15S4/c1-41(2)32-28-30(64(56,57)58)15-17-34(32)44(23-10-26-62(50,51)52)36(41)12-6-4-7-13-37-42(3,21-9-5-8-14-38(47)43-22-25-46-39(48)19-20-40(46)49)33-29-31(65(59,60)61)16-18-35(33)45(37)24-11-27-63(53,54)55/h4,6-7,12-13,15-20,28-29H,5,8-11,14,21-27H2,1-3H3,(H4-,43,47,50,51,52,53,54,55,56,57,58,59,60,61)/p+1. The van der Waals surface area contributed by atoms with Crippen molar-refractivity contribution in [2.75, 3.05) is 42.6 Å². The number of carbonyl (C=O) groups excluding carboxylic acids is 3. The maximum Gasteiger partial charge on any atom is 0.294 e. The number of hydrogen-bond acceptors (Lipinski definition) is 12. The minimum atomic E-state index is -4.65. The van der Waals surface area contributed by atoms with Crippen LogP contribution in [0.15, 0.2) is 94.4 Å². The van der Waals surface area contributed by atoms with E-state index in [0.717, 1.165) is 17.1 Å². The molecule has 0 saturated heterocycles. The van der Waals surface area contributed by atoms with Crippen LogP contribution < -0.4 is 10.2 Å². The molecule has 0 saturated carbocycles. The zero-order valence-corrected chi connectivity index (χ0v) is 39.2. The molecule has 0 radical (unpaired) electrons. The van der Waals surface area contributed by atoms with E-state index in [9.17, 15) is 66.3 Å². The van der Waals surface area contributed by atoms with Gasteiger partial charge in [-0.2, -0.15) is 38.2 Å². The van der Waals surface area contributed by atoms with Crippen molar-refractivity contribution in [1.29, 1.82) is 0 Å². The molecule has 3 heterocycles. The Morgan fingerprint density at radius 1 is 0.708 bits per heavy atom. The summed E-state index contributed by atoms with van der Waals surface area (Å²) in [5.74, 6) is -2.26. The topological polar surface area (TPSA) is 290 Å².